The Hall–Kier alpha value is -3.37. The lowest BCUT2D eigenvalue weighted by atomic mass is 9.94. The first-order valence-electron chi connectivity index (χ1n) is 7.63. The van der Waals surface area contributed by atoms with E-state index in [9.17, 15) is 14.4 Å². The summed E-state index contributed by atoms with van der Waals surface area (Å²) >= 11 is 0. The lowest BCUT2D eigenvalue weighted by molar-refractivity contribution is -0.139. The minimum atomic E-state index is -1.05. The first-order valence-corrected chi connectivity index (χ1v) is 7.63. The van der Waals surface area contributed by atoms with Gasteiger partial charge in [-0.05, 0) is 26.0 Å². The third-order valence-electron chi connectivity index (χ3n) is 3.48. The minimum Gasteiger partial charge on any atom is -0.457 e. The molecule has 0 atom stereocenters. The van der Waals surface area contributed by atoms with Crippen LogP contribution in [-0.2, 0) is 9.53 Å². The normalized spacial score (nSPS) is 9.84. The number of carbonyl (C=O) groups is 3. The average molecular weight is 336 g/mol. The van der Waals surface area contributed by atoms with Gasteiger partial charge in [0.25, 0.3) is 5.78 Å². The van der Waals surface area contributed by atoms with Crippen molar-refractivity contribution in [1.29, 1.82) is 0 Å². The van der Waals surface area contributed by atoms with Gasteiger partial charge in [0.15, 0.2) is 5.78 Å². The lowest BCUT2D eigenvalue weighted by Crippen LogP contribution is -2.29. The van der Waals surface area contributed by atoms with Gasteiger partial charge in [-0.1, -0.05) is 42.0 Å². The minimum absolute atomic E-state index is 0.0228. The molecule has 6 heteroatoms. The fourth-order valence-electron chi connectivity index (χ4n) is 2.33. The molecule has 0 bridgehead atoms. The van der Waals surface area contributed by atoms with E-state index in [1.165, 1.54) is 12.1 Å². The van der Waals surface area contributed by atoms with Crippen molar-refractivity contribution < 1.29 is 23.9 Å². The summed E-state index contributed by atoms with van der Waals surface area (Å²) in [4.78, 5) is 39.8. The number of rotatable bonds is 6. The molecule has 0 aliphatic rings. The predicted molar refractivity (Wildman–Crippen MR) is 90.6 cm³/mol. The molecule has 0 spiro atoms. The second kappa shape index (κ2) is 7.95. The fourth-order valence-corrected chi connectivity index (χ4v) is 2.33. The van der Waals surface area contributed by atoms with Crippen molar-refractivity contribution in [3.8, 4) is 0 Å². The molecular weight excluding hydrogens is 320 g/mol. The van der Waals surface area contributed by atoms with Gasteiger partial charge in [-0.25, -0.2) is 4.79 Å². The number of carbonyl (C=O) groups excluding carboxylic acids is 3. The first kappa shape index (κ1) is 18.0. The van der Waals surface area contributed by atoms with Crippen LogP contribution in [-0.4, -0.2) is 34.6 Å². The van der Waals surface area contributed by atoms with Crippen LogP contribution in [0.25, 0.3) is 5.53 Å². The number of hydrogen-bond acceptors (Lipinski definition) is 4. The van der Waals surface area contributed by atoms with Crippen LogP contribution in [0.3, 0.4) is 0 Å². The third kappa shape index (κ3) is 3.94. The number of Topliss-reactive ketones (excluding diaryl/α,β-unsaturated/α-hetero) is 1. The molecule has 0 unspecified atom stereocenters. The molecule has 0 N–H and O–H groups in total. The van der Waals surface area contributed by atoms with Gasteiger partial charge in [0, 0.05) is 16.7 Å². The number of aryl methyl sites for hydroxylation is 1. The van der Waals surface area contributed by atoms with Crippen molar-refractivity contribution in [3.63, 3.8) is 0 Å². The number of benzene rings is 2. The average Bonchev–Trinajstić information content (AvgIpc) is 2.62. The van der Waals surface area contributed by atoms with Crippen LogP contribution in [0.4, 0.5) is 0 Å². The van der Waals surface area contributed by atoms with E-state index >= 15 is 0 Å². The second-order valence-electron chi connectivity index (χ2n) is 5.24. The molecule has 0 radical (unpaired) electrons. The van der Waals surface area contributed by atoms with Crippen molar-refractivity contribution in [2.45, 2.75) is 13.8 Å². The topological polar surface area (TPSA) is 96.8 Å². The van der Waals surface area contributed by atoms with E-state index < -0.39 is 17.5 Å². The SMILES string of the molecule is CCOC(=O)C(=[N+]=[N-])C(=O)c1ccccc1C(=O)c1cccc(C)c1. The van der Waals surface area contributed by atoms with Crippen LogP contribution in [0.5, 0.6) is 0 Å². The molecule has 0 saturated carbocycles. The highest BCUT2D eigenvalue weighted by atomic mass is 16.5. The van der Waals surface area contributed by atoms with Crippen molar-refractivity contribution in [2.75, 3.05) is 6.61 Å². The summed E-state index contributed by atoms with van der Waals surface area (Å²) in [6.45, 7) is 3.44. The van der Waals surface area contributed by atoms with Crippen molar-refractivity contribution in [2.24, 2.45) is 0 Å². The van der Waals surface area contributed by atoms with Crippen molar-refractivity contribution >= 4 is 23.2 Å². The Morgan fingerprint density at radius 1 is 1.04 bits per heavy atom. The summed E-state index contributed by atoms with van der Waals surface area (Å²) in [6, 6.07) is 13.0. The summed E-state index contributed by atoms with van der Waals surface area (Å²) in [6.07, 6.45) is 0. The van der Waals surface area contributed by atoms with Crippen LogP contribution in [0.15, 0.2) is 48.5 Å². The molecule has 0 aliphatic carbocycles. The van der Waals surface area contributed by atoms with Crippen LogP contribution in [0.2, 0.25) is 0 Å². The van der Waals surface area contributed by atoms with Gasteiger partial charge >= 0.3 is 11.7 Å². The maximum atomic E-state index is 12.8. The van der Waals surface area contributed by atoms with Crippen LogP contribution >= 0.6 is 0 Å². The lowest BCUT2D eigenvalue weighted by Gasteiger charge is -2.07. The van der Waals surface area contributed by atoms with Gasteiger partial charge in [-0.3, -0.25) is 9.59 Å². The van der Waals surface area contributed by atoms with Crippen molar-refractivity contribution in [3.05, 3.63) is 76.3 Å². The highest BCUT2D eigenvalue weighted by Crippen LogP contribution is 2.17. The Kier molecular flexibility index (Phi) is 5.71. The molecule has 0 saturated heterocycles. The Morgan fingerprint density at radius 2 is 1.72 bits per heavy atom. The Labute approximate surface area is 144 Å². The molecule has 2 aromatic rings. The Balaban J connectivity index is 2.48. The molecule has 0 heterocycles. The van der Waals surface area contributed by atoms with E-state index in [0.717, 1.165) is 5.56 Å². The number of ether oxygens (including phenoxy) is 1. The highest BCUT2D eigenvalue weighted by molar-refractivity contribution is 6.66. The summed E-state index contributed by atoms with van der Waals surface area (Å²) < 4.78 is 4.70. The molecule has 0 fully saturated rings. The van der Waals surface area contributed by atoms with Gasteiger partial charge in [0.2, 0.25) is 0 Å². The molecule has 0 aromatic heterocycles. The van der Waals surface area contributed by atoms with E-state index in [1.54, 1.807) is 37.3 Å². The maximum Gasteiger partial charge on any atom is 0.446 e. The van der Waals surface area contributed by atoms with Crippen LogP contribution in [0.1, 0.15) is 38.8 Å². The molecule has 0 aliphatic heterocycles. The number of hydrogen-bond donors (Lipinski definition) is 0. The Bertz CT molecular complexity index is 896. The third-order valence-corrected chi connectivity index (χ3v) is 3.48. The van der Waals surface area contributed by atoms with E-state index in [2.05, 4.69) is 4.79 Å². The smallest absolute Gasteiger partial charge is 0.446 e. The van der Waals surface area contributed by atoms with E-state index in [-0.39, 0.29) is 23.5 Å². The van der Waals surface area contributed by atoms with Gasteiger partial charge in [-0.15, -0.1) is 0 Å². The zero-order chi connectivity index (χ0) is 18.4. The monoisotopic (exact) mass is 336 g/mol. The zero-order valence-corrected chi connectivity index (χ0v) is 13.9. The van der Waals surface area contributed by atoms with Crippen molar-refractivity contribution in [1.82, 2.24) is 0 Å². The van der Waals surface area contributed by atoms with Crippen LogP contribution in [0, 0.1) is 6.92 Å². The van der Waals surface area contributed by atoms with E-state index in [0.29, 0.717) is 5.56 Å². The number of nitrogens with zero attached hydrogens (tertiary/aromatic N) is 2. The molecule has 25 heavy (non-hydrogen) atoms. The van der Waals surface area contributed by atoms with Gasteiger partial charge in [0.1, 0.15) is 0 Å². The van der Waals surface area contributed by atoms with E-state index in [1.807, 2.05) is 13.0 Å². The summed E-state index contributed by atoms with van der Waals surface area (Å²) in [5, 5.41) is 0. The standard InChI is InChI=1S/C19H16N2O4/c1-3-25-19(24)16(21-20)18(23)15-10-5-4-9-14(15)17(22)13-8-6-7-12(2)11-13/h4-11H,3H2,1-2H3. The van der Waals surface area contributed by atoms with Gasteiger partial charge in [0.05, 0.1) is 6.61 Å². The number of ketones is 2. The first-order chi connectivity index (χ1) is 12.0. The number of esters is 1. The van der Waals surface area contributed by atoms with Crippen LogP contribution < -0.4 is 0 Å². The fraction of sp³-hybridized carbons (Fsp3) is 0.158. The van der Waals surface area contributed by atoms with Gasteiger partial charge in [-0.2, -0.15) is 4.79 Å². The summed E-state index contributed by atoms with van der Waals surface area (Å²) in [5.41, 5.74) is 9.65. The summed E-state index contributed by atoms with van der Waals surface area (Å²) in [5.74, 6) is -2.29. The predicted octanol–water partition coefficient (Wildman–Crippen LogP) is 2.64. The largest absolute Gasteiger partial charge is 0.457 e. The van der Waals surface area contributed by atoms with E-state index in [4.69, 9.17) is 10.3 Å². The summed E-state index contributed by atoms with van der Waals surface area (Å²) in [7, 11) is 0. The van der Waals surface area contributed by atoms with Gasteiger partial charge < -0.3 is 10.3 Å². The molecular formula is C19H16N2O4. The molecule has 126 valence electrons. The molecule has 2 aromatic carbocycles. The quantitative estimate of drug-likeness (QED) is 0.202. The highest BCUT2D eigenvalue weighted by Gasteiger charge is 2.34. The maximum absolute atomic E-state index is 12.8. The Morgan fingerprint density at radius 3 is 2.32 bits per heavy atom. The molecule has 6 nitrogen and oxygen atoms in total. The zero-order valence-electron chi connectivity index (χ0n) is 13.9. The second-order valence-corrected chi connectivity index (χ2v) is 5.24. The molecule has 0 amide bonds. The molecule has 2 rings (SSSR count).